The fourth-order valence-corrected chi connectivity index (χ4v) is 0.786. The topological polar surface area (TPSA) is 0 Å². The molecule has 0 N–H and O–H groups in total. The Labute approximate surface area is 86.0 Å². The van der Waals surface area contributed by atoms with E-state index in [9.17, 15) is 0 Å². The van der Waals surface area contributed by atoms with E-state index in [0.29, 0.717) is 0 Å². The second-order valence-corrected chi connectivity index (χ2v) is 2.00. The molecule has 0 amide bonds. The third-order valence-electron chi connectivity index (χ3n) is 1.24. The van der Waals surface area contributed by atoms with Crippen molar-refractivity contribution < 1.29 is 21.1 Å². The van der Waals surface area contributed by atoms with Crippen LogP contribution in [0.5, 0.6) is 0 Å². The van der Waals surface area contributed by atoms with Gasteiger partial charge in [-0.05, 0) is 6.42 Å². The Bertz CT molecular complexity index is 77.4. The third-order valence-corrected chi connectivity index (χ3v) is 1.24. The molecule has 11 heavy (non-hydrogen) atoms. The molecule has 0 heterocycles. The molecule has 0 fully saturated rings. The van der Waals surface area contributed by atoms with Gasteiger partial charge < -0.3 is 20.9 Å². The van der Waals surface area contributed by atoms with E-state index >= 15 is 0 Å². The van der Waals surface area contributed by atoms with Crippen LogP contribution in [-0.2, 0) is 21.1 Å². The van der Waals surface area contributed by atoms with Crippen LogP contribution in [0.4, 0.5) is 0 Å². The molecule has 0 saturated carbocycles. The summed E-state index contributed by atoms with van der Waals surface area (Å²) in [6.45, 7) is 0. The monoisotopic (exact) mass is 332 g/mol. The summed E-state index contributed by atoms with van der Waals surface area (Å²) in [4.78, 5) is 0. The van der Waals surface area contributed by atoms with Crippen molar-refractivity contribution in [3.8, 4) is 0 Å². The molecule has 1 aliphatic carbocycles. The van der Waals surface area contributed by atoms with Crippen LogP contribution in [0.2, 0.25) is 0 Å². The smallest absolute Gasteiger partial charge is 0 e. The van der Waals surface area contributed by atoms with E-state index in [4.69, 9.17) is 0 Å². The molecule has 70 valence electrons. The molecular formula is C10H17Pt-3. The molecule has 0 aromatic rings. The van der Waals surface area contributed by atoms with Crippen LogP contribution >= 0.6 is 0 Å². The first-order valence-electron chi connectivity index (χ1n) is 3.20. The predicted octanol–water partition coefficient (Wildman–Crippen LogP) is 3.37. The number of rotatable bonds is 0. The Balaban J connectivity index is -0.000000213. The number of allylic oxidation sites excluding steroid dienone is 4. The summed E-state index contributed by atoms with van der Waals surface area (Å²) in [5, 5.41) is 0. The van der Waals surface area contributed by atoms with Crippen LogP contribution in [0.25, 0.3) is 0 Å². The fraction of sp³-hybridized carbons (Fsp3) is 0.400. The van der Waals surface area contributed by atoms with Gasteiger partial charge in [0.25, 0.3) is 0 Å². The van der Waals surface area contributed by atoms with Crippen molar-refractivity contribution in [3.63, 3.8) is 0 Å². The molecule has 0 nitrogen and oxygen atoms in total. The average molecular weight is 332 g/mol. The summed E-state index contributed by atoms with van der Waals surface area (Å²) in [5.41, 5.74) is 0. The van der Waals surface area contributed by atoms with E-state index in [1.807, 2.05) is 0 Å². The molecule has 0 aromatic heterocycles. The molecule has 0 saturated heterocycles. The first-order chi connectivity index (χ1) is 4.00. The maximum atomic E-state index is 3.21. The minimum atomic E-state index is 0. The molecule has 1 aliphatic rings. The van der Waals surface area contributed by atoms with E-state index in [1.54, 1.807) is 0 Å². The molecule has 0 radical (unpaired) electrons. The largest absolute Gasteiger partial charge is 0.500 e. The Kier molecular flexibility index (Phi) is 20.2. The van der Waals surface area contributed by atoms with Gasteiger partial charge in [0.1, 0.15) is 0 Å². The van der Waals surface area contributed by atoms with Gasteiger partial charge in [-0.25, -0.2) is 0 Å². The Morgan fingerprint density at radius 3 is 2.27 bits per heavy atom. The van der Waals surface area contributed by atoms with Crippen LogP contribution in [0.15, 0.2) is 18.2 Å². The Morgan fingerprint density at radius 1 is 0.909 bits per heavy atom. The molecule has 0 aromatic carbocycles. The van der Waals surface area contributed by atoms with Crippen molar-refractivity contribution in [1.29, 1.82) is 0 Å². The van der Waals surface area contributed by atoms with Crippen molar-refractivity contribution in [3.05, 3.63) is 39.2 Å². The maximum absolute atomic E-state index is 3.21. The van der Waals surface area contributed by atoms with E-state index < -0.39 is 0 Å². The molecule has 0 atom stereocenters. The summed E-state index contributed by atoms with van der Waals surface area (Å²) >= 11 is 0. The van der Waals surface area contributed by atoms with E-state index in [0.717, 1.165) is 6.42 Å². The standard InChI is InChI=1S/C8H11.2CH3.Pt/c1-2-4-6-8-7-5-3-1;;;/h1-2,7H,3-6H2;2*1H3;/q3*-1;/b2-1-;;;. The molecule has 1 heteroatoms. The van der Waals surface area contributed by atoms with Crippen molar-refractivity contribution >= 4 is 0 Å². The zero-order valence-electron chi connectivity index (χ0n) is 7.38. The molecule has 0 aliphatic heterocycles. The predicted molar refractivity (Wildman–Crippen MR) is 48.2 cm³/mol. The number of hydrogen-bond acceptors (Lipinski definition) is 0. The van der Waals surface area contributed by atoms with Crippen molar-refractivity contribution in [2.24, 2.45) is 0 Å². The Morgan fingerprint density at radius 2 is 1.55 bits per heavy atom. The van der Waals surface area contributed by atoms with Gasteiger partial charge in [0, 0.05) is 21.1 Å². The maximum Gasteiger partial charge on any atom is 0 e. The second-order valence-electron chi connectivity index (χ2n) is 2.00. The molecule has 0 unspecified atom stereocenters. The average Bonchev–Trinajstić information content (AvgIpc) is 1.62. The van der Waals surface area contributed by atoms with Gasteiger partial charge in [-0.15, -0.1) is 0 Å². The van der Waals surface area contributed by atoms with Gasteiger partial charge in [-0.1, -0.05) is 25.0 Å². The second kappa shape index (κ2) is 12.8. The first kappa shape index (κ1) is 17.3. The molecule has 1 rings (SSSR count). The van der Waals surface area contributed by atoms with Crippen molar-refractivity contribution in [1.82, 2.24) is 0 Å². The molecular weight excluding hydrogens is 315 g/mol. The molecule has 0 bridgehead atoms. The quantitative estimate of drug-likeness (QED) is 0.471. The van der Waals surface area contributed by atoms with Crippen molar-refractivity contribution in [2.45, 2.75) is 25.7 Å². The first-order valence-corrected chi connectivity index (χ1v) is 3.20. The number of hydrogen-bond donors (Lipinski definition) is 0. The van der Waals surface area contributed by atoms with Crippen LogP contribution < -0.4 is 0 Å². The van der Waals surface area contributed by atoms with Gasteiger partial charge in [0.2, 0.25) is 0 Å². The van der Waals surface area contributed by atoms with Gasteiger partial charge in [-0.3, -0.25) is 6.08 Å². The minimum absolute atomic E-state index is 0. The van der Waals surface area contributed by atoms with Crippen LogP contribution in [0.1, 0.15) is 25.7 Å². The van der Waals surface area contributed by atoms with Crippen LogP contribution in [0.3, 0.4) is 0 Å². The van der Waals surface area contributed by atoms with E-state index in [2.05, 4.69) is 24.3 Å². The summed E-state index contributed by atoms with van der Waals surface area (Å²) in [7, 11) is 0. The zero-order valence-corrected chi connectivity index (χ0v) is 9.65. The van der Waals surface area contributed by atoms with E-state index in [-0.39, 0.29) is 35.9 Å². The van der Waals surface area contributed by atoms with Gasteiger partial charge in [0.15, 0.2) is 0 Å². The normalized spacial score (nSPS) is 17.5. The summed E-state index contributed by atoms with van der Waals surface area (Å²) in [6.07, 6.45) is 14.5. The van der Waals surface area contributed by atoms with Crippen molar-refractivity contribution in [2.75, 3.05) is 0 Å². The molecule has 0 spiro atoms. The minimum Gasteiger partial charge on any atom is -0.500 e. The summed E-state index contributed by atoms with van der Waals surface area (Å²) < 4.78 is 0. The van der Waals surface area contributed by atoms with Crippen LogP contribution in [0, 0.1) is 20.9 Å². The zero-order chi connectivity index (χ0) is 5.66. The SMILES string of the molecule is [C-]1=CCC/C=C\CC1.[CH3-].[CH3-].[Pt]. The third kappa shape index (κ3) is 10.2. The van der Waals surface area contributed by atoms with Gasteiger partial charge in [0.05, 0.1) is 0 Å². The van der Waals surface area contributed by atoms with Gasteiger partial charge in [-0.2, -0.15) is 6.42 Å². The summed E-state index contributed by atoms with van der Waals surface area (Å²) in [5.74, 6) is 0. The van der Waals surface area contributed by atoms with Gasteiger partial charge >= 0.3 is 0 Å². The van der Waals surface area contributed by atoms with E-state index in [1.165, 1.54) is 19.3 Å². The summed E-state index contributed by atoms with van der Waals surface area (Å²) in [6, 6.07) is 0. The van der Waals surface area contributed by atoms with Crippen LogP contribution in [-0.4, -0.2) is 0 Å². The Hall–Kier alpha value is 0.168. The fourth-order valence-electron chi connectivity index (χ4n) is 0.786.